The molecule has 3 nitrogen and oxygen atoms in total. The summed E-state index contributed by atoms with van der Waals surface area (Å²) in [5, 5.41) is 0. The summed E-state index contributed by atoms with van der Waals surface area (Å²) in [4.78, 5) is 17.5. The number of aromatic nitrogens is 1. The number of hydrogen-bond acceptors (Lipinski definition) is 2. The van der Waals surface area contributed by atoms with Gasteiger partial charge in [0.25, 0.3) is 0 Å². The molecular formula is C11H14Cl2N2O. The standard InChI is InChI=1S/C11H13ClN2O.ClH/c12-7-11(15)14-6-2-4-10(14)9-3-1-5-13-8-9;/h1,3,5,8,10H,2,4,6-7H2;1H. The third kappa shape index (κ3) is 2.66. The van der Waals surface area contributed by atoms with Gasteiger partial charge in [-0.1, -0.05) is 6.07 Å². The van der Waals surface area contributed by atoms with E-state index in [-0.39, 0.29) is 30.2 Å². The highest BCUT2D eigenvalue weighted by atomic mass is 35.5. The second-order valence-corrected chi connectivity index (χ2v) is 3.93. The molecule has 0 aliphatic carbocycles. The van der Waals surface area contributed by atoms with Crippen molar-refractivity contribution < 1.29 is 4.79 Å². The summed E-state index contributed by atoms with van der Waals surface area (Å²) >= 11 is 5.58. The number of carbonyl (C=O) groups excluding carboxylic acids is 1. The van der Waals surface area contributed by atoms with Crippen LogP contribution in [0.2, 0.25) is 0 Å². The maximum atomic E-state index is 11.6. The van der Waals surface area contributed by atoms with Gasteiger partial charge in [0.05, 0.1) is 6.04 Å². The van der Waals surface area contributed by atoms with Crippen molar-refractivity contribution in [3.8, 4) is 0 Å². The second kappa shape index (κ2) is 6.06. The Morgan fingerprint density at radius 1 is 1.62 bits per heavy atom. The van der Waals surface area contributed by atoms with Crippen LogP contribution in [0.4, 0.5) is 0 Å². The van der Waals surface area contributed by atoms with Gasteiger partial charge >= 0.3 is 0 Å². The molecule has 1 aliphatic heterocycles. The molecule has 88 valence electrons. The minimum absolute atomic E-state index is 0. The van der Waals surface area contributed by atoms with E-state index in [2.05, 4.69) is 4.98 Å². The van der Waals surface area contributed by atoms with E-state index in [9.17, 15) is 4.79 Å². The van der Waals surface area contributed by atoms with Crippen LogP contribution < -0.4 is 0 Å². The average Bonchev–Trinajstić information content (AvgIpc) is 2.78. The van der Waals surface area contributed by atoms with Crippen LogP contribution in [0.25, 0.3) is 0 Å². The van der Waals surface area contributed by atoms with Crippen LogP contribution in [0.15, 0.2) is 24.5 Å². The monoisotopic (exact) mass is 260 g/mol. The lowest BCUT2D eigenvalue weighted by atomic mass is 10.1. The largest absolute Gasteiger partial charge is 0.335 e. The fraction of sp³-hybridized carbons (Fsp3) is 0.455. The molecule has 1 unspecified atom stereocenters. The van der Waals surface area contributed by atoms with Gasteiger partial charge in [-0.2, -0.15) is 0 Å². The van der Waals surface area contributed by atoms with Crippen LogP contribution in [0.5, 0.6) is 0 Å². The summed E-state index contributed by atoms with van der Waals surface area (Å²) in [5.41, 5.74) is 1.11. The van der Waals surface area contributed by atoms with Crippen molar-refractivity contribution in [2.24, 2.45) is 0 Å². The lowest BCUT2D eigenvalue weighted by molar-refractivity contribution is -0.129. The zero-order valence-corrected chi connectivity index (χ0v) is 10.4. The van der Waals surface area contributed by atoms with Gasteiger partial charge < -0.3 is 4.90 Å². The molecule has 0 spiro atoms. The van der Waals surface area contributed by atoms with E-state index in [0.29, 0.717) is 0 Å². The Kier molecular flexibility index (Phi) is 5.03. The maximum absolute atomic E-state index is 11.6. The number of hydrogen-bond donors (Lipinski definition) is 0. The Morgan fingerprint density at radius 2 is 2.44 bits per heavy atom. The Hall–Kier alpha value is -0.800. The second-order valence-electron chi connectivity index (χ2n) is 3.67. The number of nitrogens with zero attached hydrogens (tertiary/aromatic N) is 2. The number of alkyl halides is 1. The normalized spacial score (nSPS) is 19.3. The van der Waals surface area contributed by atoms with Crippen LogP contribution in [0.3, 0.4) is 0 Å². The number of carbonyl (C=O) groups is 1. The van der Waals surface area contributed by atoms with Crippen molar-refractivity contribution in [2.75, 3.05) is 12.4 Å². The van der Waals surface area contributed by atoms with E-state index < -0.39 is 0 Å². The molecule has 2 rings (SSSR count). The number of likely N-dealkylation sites (tertiary alicyclic amines) is 1. The topological polar surface area (TPSA) is 33.2 Å². The van der Waals surface area contributed by atoms with Crippen molar-refractivity contribution in [3.05, 3.63) is 30.1 Å². The first-order valence-electron chi connectivity index (χ1n) is 5.08. The van der Waals surface area contributed by atoms with Gasteiger partial charge in [-0.15, -0.1) is 24.0 Å². The van der Waals surface area contributed by atoms with Crippen LogP contribution in [0, 0.1) is 0 Å². The summed E-state index contributed by atoms with van der Waals surface area (Å²) in [5.74, 6) is 0.0829. The smallest absolute Gasteiger partial charge is 0.238 e. The third-order valence-corrected chi connectivity index (χ3v) is 2.99. The van der Waals surface area contributed by atoms with E-state index >= 15 is 0 Å². The van der Waals surface area contributed by atoms with Gasteiger partial charge in [0.2, 0.25) is 5.91 Å². The highest BCUT2D eigenvalue weighted by molar-refractivity contribution is 6.27. The van der Waals surface area contributed by atoms with E-state index in [1.54, 1.807) is 6.20 Å². The molecule has 5 heteroatoms. The van der Waals surface area contributed by atoms with Gasteiger partial charge in [-0.25, -0.2) is 0 Å². The first kappa shape index (κ1) is 13.3. The molecule has 1 fully saturated rings. The molecule has 0 saturated carbocycles. The van der Waals surface area contributed by atoms with Gasteiger partial charge in [-0.3, -0.25) is 9.78 Å². The molecule has 1 amide bonds. The number of amides is 1. The third-order valence-electron chi connectivity index (χ3n) is 2.76. The van der Waals surface area contributed by atoms with Crippen LogP contribution in [-0.2, 0) is 4.79 Å². The van der Waals surface area contributed by atoms with Crippen LogP contribution in [-0.4, -0.2) is 28.2 Å². The maximum Gasteiger partial charge on any atom is 0.238 e. The molecule has 16 heavy (non-hydrogen) atoms. The van der Waals surface area contributed by atoms with E-state index in [1.165, 1.54) is 0 Å². The highest BCUT2D eigenvalue weighted by Gasteiger charge is 2.29. The van der Waals surface area contributed by atoms with Crippen molar-refractivity contribution in [3.63, 3.8) is 0 Å². The van der Waals surface area contributed by atoms with E-state index in [0.717, 1.165) is 24.9 Å². The van der Waals surface area contributed by atoms with Gasteiger partial charge in [0.15, 0.2) is 0 Å². The molecule has 1 aromatic rings. The van der Waals surface area contributed by atoms with E-state index in [4.69, 9.17) is 11.6 Å². The molecule has 1 atom stereocenters. The predicted octanol–water partition coefficient (Wildman–Crippen LogP) is 2.41. The van der Waals surface area contributed by atoms with E-state index in [1.807, 2.05) is 23.2 Å². The van der Waals surface area contributed by atoms with Crippen LogP contribution >= 0.6 is 24.0 Å². The summed E-state index contributed by atoms with van der Waals surface area (Å²) in [6, 6.07) is 4.08. The highest BCUT2D eigenvalue weighted by Crippen LogP contribution is 2.31. The Morgan fingerprint density at radius 3 is 3.06 bits per heavy atom. The first-order chi connectivity index (χ1) is 7.33. The zero-order chi connectivity index (χ0) is 10.7. The lowest BCUT2D eigenvalue weighted by Crippen LogP contribution is -2.31. The zero-order valence-electron chi connectivity index (χ0n) is 8.80. The molecule has 1 aromatic heterocycles. The van der Waals surface area contributed by atoms with Gasteiger partial charge in [0, 0.05) is 18.9 Å². The summed E-state index contributed by atoms with van der Waals surface area (Å²) < 4.78 is 0. The summed E-state index contributed by atoms with van der Waals surface area (Å²) in [7, 11) is 0. The molecule has 0 radical (unpaired) electrons. The van der Waals surface area contributed by atoms with Gasteiger partial charge in [0.1, 0.15) is 5.88 Å². The predicted molar refractivity (Wildman–Crippen MR) is 65.9 cm³/mol. The minimum Gasteiger partial charge on any atom is -0.335 e. The average molecular weight is 261 g/mol. The first-order valence-corrected chi connectivity index (χ1v) is 5.61. The fourth-order valence-corrected chi connectivity index (χ4v) is 2.22. The van der Waals surface area contributed by atoms with Crippen molar-refractivity contribution in [2.45, 2.75) is 18.9 Å². The Bertz CT molecular complexity index is 345. The Labute approximate surface area is 106 Å². The molecule has 1 aliphatic rings. The minimum atomic E-state index is 0. The quantitative estimate of drug-likeness (QED) is 0.766. The van der Waals surface area contributed by atoms with Crippen molar-refractivity contribution in [1.82, 2.24) is 9.88 Å². The summed E-state index contributed by atoms with van der Waals surface area (Å²) in [6.45, 7) is 0.811. The molecule has 1 saturated heterocycles. The molecule has 2 heterocycles. The fourth-order valence-electron chi connectivity index (χ4n) is 2.06. The molecule has 0 aromatic carbocycles. The van der Waals surface area contributed by atoms with Crippen molar-refractivity contribution >= 4 is 29.9 Å². The number of rotatable bonds is 2. The SMILES string of the molecule is Cl.O=C(CCl)N1CCCC1c1cccnc1. The molecule has 0 bridgehead atoms. The van der Waals surface area contributed by atoms with Crippen molar-refractivity contribution in [1.29, 1.82) is 0 Å². The summed E-state index contributed by atoms with van der Waals surface area (Å²) in [6.07, 6.45) is 5.62. The number of pyridine rings is 1. The molecule has 0 N–H and O–H groups in total. The van der Waals surface area contributed by atoms with Crippen LogP contribution in [0.1, 0.15) is 24.4 Å². The lowest BCUT2D eigenvalue weighted by Gasteiger charge is -2.23. The Balaban J connectivity index is 0.00000128. The number of halogens is 2. The van der Waals surface area contributed by atoms with Gasteiger partial charge in [-0.05, 0) is 24.5 Å². The molecular weight excluding hydrogens is 247 g/mol.